The molecule has 3 heterocycles. The van der Waals surface area contributed by atoms with Gasteiger partial charge >= 0.3 is 0 Å². The van der Waals surface area contributed by atoms with Gasteiger partial charge < -0.3 is 19.7 Å². The smallest absolute Gasteiger partial charge is 0.266 e. The Balaban J connectivity index is 1.80. The lowest BCUT2D eigenvalue weighted by molar-refractivity contribution is -0.152. The predicted octanol–water partition coefficient (Wildman–Crippen LogP) is 1.92. The van der Waals surface area contributed by atoms with E-state index < -0.39 is 5.60 Å². The molecule has 2 fully saturated rings. The van der Waals surface area contributed by atoms with E-state index >= 15 is 0 Å². The molecule has 0 bridgehead atoms. The molecule has 1 atom stereocenters. The molecule has 0 aliphatic carbocycles. The van der Waals surface area contributed by atoms with Crippen LogP contribution in [0.15, 0.2) is 18.3 Å². The largest absolute Gasteiger partial charge is 0.475 e. The molecular weight excluding hydrogens is 318 g/mol. The molecule has 2 aliphatic rings. The molecule has 1 N–H and O–H groups in total. The quantitative estimate of drug-likeness (QED) is 0.852. The van der Waals surface area contributed by atoms with Crippen LogP contribution in [0.5, 0.6) is 5.75 Å². The highest BCUT2D eigenvalue weighted by molar-refractivity contribution is 5.86. The van der Waals surface area contributed by atoms with E-state index in [9.17, 15) is 4.79 Å². The summed E-state index contributed by atoms with van der Waals surface area (Å²) in [5.74, 6) is 0.779. The summed E-state index contributed by atoms with van der Waals surface area (Å²) in [4.78, 5) is 19.7. The van der Waals surface area contributed by atoms with E-state index in [1.54, 1.807) is 6.20 Å². The first-order valence-corrected chi connectivity index (χ1v) is 9.37. The second kappa shape index (κ2) is 8.15. The minimum atomic E-state index is -0.812. The summed E-state index contributed by atoms with van der Waals surface area (Å²) in [6, 6.07) is 3.75. The van der Waals surface area contributed by atoms with Crippen LogP contribution in [0.3, 0.4) is 0 Å². The Morgan fingerprint density at radius 1 is 1.48 bits per heavy atom. The Hall–Kier alpha value is -1.66. The molecule has 3 rings (SSSR count). The van der Waals surface area contributed by atoms with Gasteiger partial charge in [0.2, 0.25) is 0 Å². The number of hydrogen-bond donors (Lipinski definition) is 1. The molecule has 0 spiro atoms. The van der Waals surface area contributed by atoms with E-state index in [2.05, 4.69) is 10.3 Å². The van der Waals surface area contributed by atoms with Crippen LogP contribution in [0, 0.1) is 6.92 Å². The zero-order chi connectivity index (χ0) is 17.7. The zero-order valence-electron chi connectivity index (χ0n) is 15.3. The first kappa shape index (κ1) is 18.1. The summed E-state index contributed by atoms with van der Waals surface area (Å²) in [6.07, 6.45) is 5.35. The highest BCUT2D eigenvalue weighted by Gasteiger charge is 2.45. The van der Waals surface area contributed by atoms with Crippen LogP contribution in [0.4, 0.5) is 0 Å². The average Bonchev–Trinajstić information content (AvgIpc) is 3.15. The van der Waals surface area contributed by atoms with Gasteiger partial charge in [0.25, 0.3) is 5.91 Å². The van der Waals surface area contributed by atoms with Crippen LogP contribution in [0.1, 0.15) is 38.3 Å². The fourth-order valence-electron chi connectivity index (χ4n) is 3.66. The maximum absolute atomic E-state index is 13.5. The fourth-order valence-corrected chi connectivity index (χ4v) is 3.66. The normalized spacial score (nSPS) is 22.6. The van der Waals surface area contributed by atoms with Crippen LogP contribution < -0.4 is 10.1 Å². The number of carbonyl (C=O) groups excluding carboxylic acids is 1. The van der Waals surface area contributed by atoms with Crippen molar-refractivity contribution in [3.8, 4) is 5.75 Å². The Kier molecular flexibility index (Phi) is 5.91. The number of hydrogen-bond acceptors (Lipinski definition) is 5. The fraction of sp³-hybridized carbons (Fsp3) is 0.684. The molecule has 1 aromatic rings. The standard InChI is InChI=1S/C19H29N3O3/c1-3-22(14-16-6-5-13-24-16)18(23)19(8-11-20-12-9-19)25-17-7-4-10-21-15(17)2/h4,7,10,16,20H,3,5-6,8-9,11-14H2,1-2H3/t16-/m0/s1. The minimum Gasteiger partial charge on any atom is -0.475 e. The van der Waals surface area contributed by atoms with E-state index in [0.717, 1.165) is 38.2 Å². The number of aromatic nitrogens is 1. The van der Waals surface area contributed by atoms with Crippen molar-refractivity contribution >= 4 is 5.91 Å². The van der Waals surface area contributed by atoms with E-state index in [1.165, 1.54) is 0 Å². The van der Waals surface area contributed by atoms with Gasteiger partial charge in [-0.25, -0.2) is 0 Å². The molecule has 138 valence electrons. The maximum Gasteiger partial charge on any atom is 0.266 e. The summed E-state index contributed by atoms with van der Waals surface area (Å²) in [7, 11) is 0. The first-order chi connectivity index (χ1) is 12.1. The van der Waals surface area contributed by atoms with Crippen molar-refractivity contribution in [1.82, 2.24) is 15.2 Å². The SMILES string of the molecule is CCN(C[C@@H]1CCCO1)C(=O)C1(Oc2cccnc2C)CCNCC1. The minimum absolute atomic E-state index is 0.0789. The number of ether oxygens (including phenoxy) is 2. The topological polar surface area (TPSA) is 63.7 Å². The molecule has 6 nitrogen and oxygen atoms in total. The first-order valence-electron chi connectivity index (χ1n) is 9.37. The van der Waals surface area contributed by atoms with Gasteiger partial charge in [0.1, 0.15) is 5.75 Å². The summed E-state index contributed by atoms with van der Waals surface area (Å²) >= 11 is 0. The van der Waals surface area contributed by atoms with Gasteiger partial charge in [-0.15, -0.1) is 0 Å². The zero-order valence-corrected chi connectivity index (χ0v) is 15.3. The lowest BCUT2D eigenvalue weighted by Gasteiger charge is -2.40. The maximum atomic E-state index is 13.5. The van der Waals surface area contributed by atoms with Gasteiger partial charge in [-0.2, -0.15) is 0 Å². The van der Waals surface area contributed by atoms with Crippen molar-refractivity contribution in [3.63, 3.8) is 0 Å². The Morgan fingerprint density at radius 2 is 2.28 bits per heavy atom. The number of likely N-dealkylation sites (N-methyl/N-ethyl adjacent to an activating group) is 1. The predicted molar refractivity (Wildman–Crippen MR) is 95.7 cm³/mol. The van der Waals surface area contributed by atoms with Gasteiger partial charge in [-0.1, -0.05) is 0 Å². The lowest BCUT2D eigenvalue weighted by atomic mass is 9.90. The second-order valence-electron chi connectivity index (χ2n) is 6.91. The van der Waals surface area contributed by atoms with E-state index in [4.69, 9.17) is 9.47 Å². The number of pyridine rings is 1. The number of nitrogens with one attached hydrogen (secondary N) is 1. The lowest BCUT2D eigenvalue weighted by Crippen LogP contribution is -2.58. The van der Waals surface area contributed by atoms with Crippen LogP contribution in [-0.2, 0) is 9.53 Å². The molecule has 0 unspecified atom stereocenters. The number of carbonyl (C=O) groups is 1. The highest BCUT2D eigenvalue weighted by Crippen LogP contribution is 2.30. The Morgan fingerprint density at radius 3 is 2.92 bits per heavy atom. The molecule has 6 heteroatoms. The van der Waals surface area contributed by atoms with E-state index in [0.29, 0.717) is 31.7 Å². The third kappa shape index (κ3) is 4.12. The van der Waals surface area contributed by atoms with Crippen molar-refractivity contribution in [3.05, 3.63) is 24.0 Å². The molecular formula is C19H29N3O3. The van der Waals surface area contributed by atoms with E-state index in [-0.39, 0.29) is 12.0 Å². The van der Waals surface area contributed by atoms with Crippen molar-refractivity contribution in [2.45, 2.75) is 51.2 Å². The van der Waals surface area contributed by atoms with Gasteiger partial charge in [-0.05, 0) is 51.9 Å². The van der Waals surface area contributed by atoms with Gasteiger partial charge in [0, 0.05) is 38.7 Å². The summed E-state index contributed by atoms with van der Waals surface area (Å²) < 4.78 is 12.1. The Bertz CT molecular complexity index is 581. The average molecular weight is 347 g/mol. The van der Waals surface area contributed by atoms with Crippen LogP contribution in [-0.4, -0.2) is 60.3 Å². The van der Waals surface area contributed by atoms with Crippen molar-refractivity contribution in [1.29, 1.82) is 0 Å². The van der Waals surface area contributed by atoms with E-state index in [1.807, 2.05) is 30.9 Å². The second-order valence-corrected chi connectivity index (χ2v) is 6.91. The molecule has 2 aliphatic heterocycles. The van der Waals surface area contributed by atoms with Gasteiger partial charge in [0.05, 0.1) is 11.8 Å². The van der Waals surface area contributed by atoms with Crippen molar-refractivity contribution in [2.24, 2.45) is 0 Å². The third-order valence-corrected chi connectivity index (χ3v) is 5.18. The molecule has 1 aromatic heterocycles. The Labute approximate surface area is 149 Å². The number of rotatable bonds is 6. The number of amides is 1. The van der Waals surface area contributed by atoms with Crippen molar-refractivity contribution < 1.29 is 14.3 Å². The molecule has 1 amide bonds. The number of piperidine rings is 1. The van der Waals surface area contributed by atoms with Crippen LogP contribution in [0.2, 0.25) is 0 Å². The molecule has 0 radical (unpaired) electrons. The van der Waals surface area contributed by atoms with Gasteiger partial charge in [-0.3, -0.25) is 9.78 Å². The van der Waals surface area contributed by atoms with Crippen molar-refractivity contribution in [2.75, 3.05) is 32.8 Å². The number of nitrogens with zero attached hydrogens (tertiary/aromatic N) is 2. The summed E-state index contributed by atoms with van der Waals surface area (Å²) in [5, 5.41) is 3.33. The monoisotopic (exact) mass is 347 g/mol. The molecule has 25 heavy (non-hydrogen) atoms. The summed E-state index contributed by atoms with van der Waals surface area (Å²) in [5.41, 5.74) is 0.00332. The summed E-state index contributed by atoms with van der Waals surface area (Å²) in [6.45, 7) is 7.63. The van der Waals surface area contributed by atoms with Gasteiger partial charge in [0.15, 0.2) is 5.60 Å². The molecule has 0 saturated carbocycles. The third-order valence-electron chi connectivity index (χ3n) is 5.18. The number of aryl methyl sites for hydroxylation is 1. The molecule has 0 aromatic carbocycles. The highest BCUT2D eigenvalue weighted by atomic mass is 16.5. The van der Waals surface area contributed by atoms with Crippen LogP contribution in [0.25, 0.3) is 0 Å². The molecule has 2 saturated heterocycles. The van der Waals surface area contributed by atoms with Crippen LogP contribution >= 0.6 is 0 Å².